The first-order valence-electron chi connectivity index (χ1n) is 7.13. The quantitative estimate of drug-likeness (QED) is 0.866. The van der Waals surface area contributed by atoms with Gasteiger partial charge in [0.15, 0.2) is 0 Å². The molecular weight excluding hydrogens is 286 g/mol. The second-order valence-corrected chi connectivity index (χ2v) is 6.14. The predicted octanol–water partition coefficient (Wildman–Crippen LogP) is 2.00. The van der Waals surface area contributed by atoms with Crippen molar-refractivity contribution >= 4 is 17.7 Å². The maximum Gasteiger partial charge on any atom is 0.320 e. The van der Waals surface area contributed by atoms with E-state index < -0.39 is 12.0 Å². The van der Waals surface area contributed by atoms with Gasteiger partial charge >= 0.3 is 5.97 Å². The Hall–Kier alpha value is -1.11. The highest BCUT2D eigenvalue weighted by molar-refractivity contribution is 7.98. The van der Waals surface area contributed by atoms with Crippen LogP contribution in [0.1, 0.15) is 30.9 Å². The molecule has 1 aliphatic rings. The molecular formula is C15H25N3O2S. The van der Waals surface area contributed by atoms with Gasteiger partial charge in [-0.15, -0.1) is 0 Å². The third kappa shape index (κ3) is 6.46. The van der Waals surface area contributed by atoms with E-state index in [4.69, 9.17) is 10.8 Å². The summed E-state index contributed by atoms with van der Waals surface area (Å²) < 4.78 is 0. The monoisotopic (exact) mass is 311 g/mol. The second-order valence-electron chi connectivity index (χ2n) is 5.15. The average Bonchev–Trinajstić information content (AvgIpc) is 2.92. The molecule has 2 atom stereocenters. The van der Waals surface area contributed by atoms with Gasteiger partial charge in [-0.2, -0.15) is 11.8 Å². The Morgan fingerprint density at radius 3 is 2.90 bits per heavy atom. The molecule has 21 heavy (non-hydrogen) atoms. The smallest absolute Gasteiger partial charge is 0.320 e. The van der Waals surface area contributed by atoms with Crippen LogP contribution in [-0.4, -0.2) is 52.6 Å². The highest BCUT2D eigenvalue weighted by Crippen LogP contribution is 2.29. The summed E-state index contributed by atoms with van der Waals surface area (Å²) in [6.07, 6.45) is 8.88. The molecule has 0 saturated carbocycles. The summed E-state index contributed by atoms with van der Waals surface area (Å²) >= 11 is 1.60. The Balaban J connectivity index is 0.000000222. The summed E-state index contributed by atoms with van der Waals surface area (Å²) in [5, 5.41) is 8.27. The van der Waals surface area contributed by atoms with Crippen LogP contribution in [0.3, 0.4) is 0 Å². The Morgan fingerprint density at radius 1 is 1.67 bits per heavy atom. The van der Waals surface area contributed by atoms with Gasteiger partial charge in [-0.3, -0.25) is 14.7 Å². The largest absolute Gasteiger partial charge is 0.480 e. The number of aliphatic carboxylic acids is 1. The van der Waals surface area contributed by atoms with E-state index in [9.17, 15) is 4.79 Å². The Kier molecular flexibility index (Phi) is 8.34. The highest BCUT2D eigenvalue weighted by Gasteiger charge is 2.21. The standard InChI is InChI=1S/C10H14N2.C5H11NO2S/c1-12-7-3-5-10(12)9-4-2-6-11-8-9;1-9-3-2-4(6)5(7)8/h2,4,6,8,10H,3,5,7H2,1H3;4H,2-3,6H2,1H3,(H,7,8)/t;4-/m.0/s1. The minimum Gasteiger partial charge on any atom is -0.480 e. The predicted molar refractivity (Wildman–Crippen MR) is 87.5 cm³/mol. The molecule has 6 heteroatoms. The summed E-state index contributed by atoms with van der Waals surface area (Å²) in [5.41, 5.74) is 6.55. The van der Waals surface area contributed by atoms with Crippen molar-refractivity contribution in [3.8, 4) is 0 Å². The number of hydrogen-bond acceptors (Lipinski definition) is 5. The zero-order valence-electron chi connectivity index (χ0n) is 12.7. The van der Waals surface area contributed by atoms with Crippen LogP contribution < -0.4 is 5.73 Å². The van der Waals surface area contributed by atoms with Crippen molar-refractivity contribution in [3.05, 3.63) is 30.1 Å². The van der Waals surface area contributed by atoms with Gasteiger partial charge in [0, 0.05) is 18.4 Å². The maximum absolute atomic E-state index is 10.1. The fourth-order valence-electron chi connectivity index (χ4n) is 2.27. The number of likely N-dealkylation sites (tertiary alicyclic amines) is 1. The zero-order chi connectivity index (χ0) is 15.7. The maximum atomic E-state index is 10.1. The molecule has 1 saturated heterocycles. The van der Waals surface area contributed by atoms with E-state index in [2.05, 4.69) is 23.0 Å². The molecule has 3 N–H and O–H groups in total. The van der Waals surface area contributed by atoms with E-state index in [-0.39, 0.29) is 0 Å². The fourth-order valence-corrected chi connectivity index (χ4v) is 2.76. The van der Waals surface area contributed by atoms with Gasteiger partial charge in [-0.05, 0) is 56.5 Å². The molecule has 1 aromatic heterocycles. The number of rotatable bonds is 5. The molecule has 1 aliphatic heterocycles. The van der Waals surface area contributed by atoms with Gasteiger partial charge in [0.05, 0.1) is 0 Å². The highest BCUT2D eigenvalue weighted by atomic mass is 32.2. The molecule has 118 valence electrons. The average molecular weight is 311 g/mol. The number of pyridine rings is 1. The van der Waals surface area contributed by atoms with Crippen molar-refractivity contribution < 1.29 is 9.90 Å². The fraction of sp³-hybridized carbons (Fsp3) is 0.600. The van der Waals surface area contributed by atoms with E-state index in [0.717, 1.165) is 5.75 Å². The lowest BCUT2D eigenvalue weighted by Crippen LogP contribution is -2.30. The second kappa shape index (κ2) is 9.76. The summed E-state index contributed by atoms with van der Waals surface area (Å²) in [6, 6.07) is 4.11. The molecule has 1 aromatic rings. The van der Waals surface area contributed by atoms with Crippen LogP contribution in [0.15, 0.2) is 24.5 Å². The lowest BCUT2D eigenvalue weighted by Gasteiger charge is -2.18. The molecule has 0 spiro atoms. The minimum atomic E-state index is -0.913. The molecule has 0 radical (unpaired) electrons. The lowest BCUT2D eigenvalue weighted by atomic mass is 10.1. The minimum absolute atomic E-state index is 0.552. The van der Waals surface area contributed by atoms with Gasteiger partial charge in [-0.1, -0.05) is 6.07 Å². The van der Waals surface area contributed by atoms with Crippen molar-refractivity contribution in [1.29, 1.82) is 0 Å². The van der Waals surface area contributed by atoms with Crippen LogP contribution >= 0.6 is 11.8 Å². The van der Waals surface area contributed by atoms with Crippen LogP contribution in [0.5, 0.6) is 0 Å². The van der Waals surface area contributed by atoms with E-state index in [0.29, 0.717) is 12.5 Å². The molecule has 2 heterocycles. The first-order valence-corrected chi connectivity index (χ1v) is 8.53. The normalized spacial score (nSPS) is 19.7. The van der Waals surface area contributed by atoms with Crippen LogP contribution in [0.25, 0.3) is 0 Å². The topological polar surface area (TPSA) is 79.5 Å². The zero-order valence-corrected chi connectivity index (χ0v) is 13.6. The number of nitrogens with two attached hydrogens (primary N) is 1. The Labute approximate surface area is 130 Å². The van der Waals surface area contributed by atoms with Gasteiger partial charge in [0.2, 0.25) is 0 Å². The van der Waals surface area contributed by atoms with Crippen molar-refractivity contribution in [2.75, 3.05) is 25.6 Å². The third-order valence-corrected chi connectivity index (χ3v) is 4.18. The summed E-state index contributed by atoms with van der Waals surface area (Å²) in [4.78, 5) is 16.6. The van der Waals surface area contributed by atoms with Crippen molar-refractivity contribution in [1.82, 2.24) is 9.88 Å². The van der Waals surface area contributed by atoms with Gasteiger partial charge in [0.1, 0.15) is 6.04 Å². The number of hydrogen-bond donors (Lipinski definition) is 2. The van der Waals surface area contributed by atoms with E-state index in [1.807, 2.05) is 24.7 Å². The number of nitrogens with zero attached hydrogens (tertiary/aromatic N) is 2. The summed E-state index contributed by atoms with van der Waals surface area (Å²) in [5.74, 6) is -0.1000. The van der Waals surface area contributed by atoms with Crippen LogP contribution in [0, 0.1) is 0 Å². The molecule has 0 amide bonds. The van der Waals surface area contributed by atoms with Crippen molar-refractivity contribution in [2.45, 2.75) is 31.3 Å². The third-order valence-electron chi connectivity index (χ3n) is 3.54. The van der Waals surface area contributed by atoms with Crippen molar-refractivity contribution in [3.63, 3.8) is 0 Å². The Morgan fingerprint density at radius 2 is 2.43 bits per heavy atom. The van der Waals surface area contributed by atoms with Gasteiger partial charge < -0.3 is 10.8 Å². The molecule has 0 aromatic carbocycles. The first kappa shape index (κ1) is 17.9. The first-order chi connectivity index (χ1) is 10.1. The lowest BCUT2D eigenvalue weighted by molar-refractivity contribution is -0.138. The Bertz CT molecular complexity index is 417. The molecule has 1 fully saturated rings. The number of aromatic nitrogens is 1. The van der Waals surface area contributed by atoms with Crippen LogP contribution in [0.2, 0.25) is 0 Å². The molecule has 0 bridgehead atoms. The molecule has 2 rings (SSSR count). The SMILES string of the molecule is CN1CCCC1c1cccnc1.CSCC[C@H](N)C(=O)O. The van der Waals surface area contributed by atoms with E-state index in [1.165, 1.54) is 24.9 Å². The summed E-state index contributed by atoms with van der Waals surface area (Å²) in [7, 11) is 2.19. The van der Waals surface area contributed by atoms with E-state index >= 15 is 0 Å². The van der Waals surface area contributed by atoms with Crippen LogP contribution in [0.4, 0.5) is 0 Å². The summed E-state index contributed by atoms with van der Waals surface area (Å²) in [6.45, 7) is 1.22. The number of carbonyl (C=O) groups is 1. The van der Waals surface area contributed by atoms with Gasteiger partial charge in [-0.25, -0.2) is 0 Å². The molecule has 0 aliphatic carbocycles. The number of carboxylic acids is 1. The molecule has 1 unspecified atom stereocenters. The van der Waals surface area contributed by atoms with Crippen LogP contribution in [-0.2, 0) is 4.79 Å². The molecule has 5 nitrogen and oxygen atoms in total. The van der Waals surface area contributed by atoms with Gasteiger partial charge in [0.25, 0.3) is 0 Å². The number of carboxylic acid groups (broad SMARTS) is 1. The number of thioether (sulfide) groups is 1. The van der Waals surface area contributed by atoms with Crippen molar-refractivity contribution in [2.24, 2.45) is 5.73 Å². The van der Waals surface area contributed by atoms with E-state index in [1.54, 1.807) is 11.8 Å².